The van der Waals surface area contributed by atoms with Crippen molar-refractivity contribution in [1.82, 2.24) is 4.98 Å². The third kappa shape index (κ3) is 4.08. The molecule has 1 unspecified atom stereocenters. The maximum absolute atomic E-state index is 6.01. The first kappa shape index (κ1) is 15.6. The fraction of sp³-hybridized carbons (Fsp3) is 0.471. The lowest BCUT2D eigenvalue weighted by Gasteiger charge is -2.20. The van der Waals surface area contributed by atoms with Crippen molar-refractivity contribution < 1.29 is 4.42 Å². The molecule has 0 fully saturated rings. The molecule has 0 aromatic carbocycles. The Kier molecular flexibility index (Phi) is 5.02. The van der Waals surface area contributed by atoms with Gasteiger partial charge in [-0.3, -0.25) is 0 Å². The van der Waals surface area contributed by atoms with Gasteiger partial charge in [0.1, 0.15) is 17.3 Å². The van der Waals surface area contributed by atoms with Gasteiger partial charge in [0, 0.05) is 19.3 Å². The average Bonchev–Trinajstić information content (AvgIpc) is 2.83. The van der Waals surface area contributed by atoms with E-state index in [2.05, 4.69) is 29.8 Å². The van der Waals surface area contributed by atoms with Gasteiger partial charge in [-0.15, -0.1) is 0 Å². The second-order valence-electron chi connectivity index (χ2n) is 5.72. The number of nitrogens with two attached hydrogens (primary N) is 1. The van der Waals surface area contributed by atoms with Crippen LogP contribution in [0.4, 0.5) is 5.82 Å². The summed E-state index contributed by atoms with van der Waals surface area (Å²) in [5.74, 6) is 2.87. The van der Waals surface area contributed by atoms with Crippen LogP contribution >= 0.6 is 0 Å². The molecule has 0 radical (unpaired) electrons. The summed E-state index contributed by atoms with van der Waals surface area (Å²) in [6.07, 6.45) is 3.80. The van der Waals surface area contributed by atoms with Crippen LogP contribution < -0.4 is 10.6 Å². The number of furan rings is 1. The van der Waals surface area contributed by atoms with Gasteiger partial charge in [0.25, 0.3) is 0 Å². The van der Waals surface area contributed by atoms with E-state index >= 15 is 0 Å². The molecule has 2 heterocycles. The van der Waals surface area contributed by atoms with Crippen molar-refractivity contribution in [3.63, 3.8) is 0 Å². The zero-order valence-corrected chi connectivity index (χ0v) is 13.4. The van der Waals surface area contributed by atoms with Crippen molar-refractivity contribution in [3.05, 3.63) is 47.0 Å². The number of aromatic nitrogens is 1. The zero-order valence-electron chi connectivity index (χ0n) is 13.4. The van der Waals surface area contributed by atoms with Crippen molar-refractivity contribution in [2.24, 2.45) is 5.73 Å². The summed E-state index contributed by atoms with van der Waals surface area (Å²) in [7, 11) is 2.03. The molecule has 0 saturated heterocycles. The zero-order chi connectivity index (χ0) is 15.4. The molecule has 114 valence electrons. The van der Waals surface area contributed by atoms with Gasteiger partial charge in [0.05, 0.1) is 6.54 Å². The highest BCUT2D eigenvalue weighted by Gasteiger charge is 2.11. The maximum atomic E-state index is 6.01. The monoisotopic (exact) mass is 287 g/mol. The van der Waals surface area contributed by atoms with Gasteiger partial charge in [-0.2, -0.15) is 0 Å². The highest BCUT2D eigenvalue weighted by Crippen LogP contribution is 2.20. The molecule has 0 aliphatic carbocycles. The lowest BCUT2D eigenvalue weighted by Crippen LogP contribution is -2.22. The van der Waals surface area contributed by atoms with Gasteiger partial charge in [0.2, 0.25) is 0 Å². The van der Waals surface area contributed by atoms with Crippen LogP contribution in [-0.2, 0) is 13.0 Å². The number of aryl methyl sites for hydroxylation is 2. The third-order valence-corrected chi connectivity index (χ3v) is 3.68. The molecule has 4 nitrogen and oxygen atoms in total. The van der Waals surface area contributed by atoms with Crippen molar-refractivity contribution in [2.75, 3.05) is 11.9 Å². The van der Waals surface area contributed by atoms with Crippen LogP contribution in [0, 0.1) is 13.8 Å². The molecule has 0 saturated carbocycles. The van der Waals surface area contributed by atoms with E-state index in [0.29, 0.717) is 0 Å². The summed E-state index contributed by atoms with van der Waals surface area (Å²) < 4.78 is 5.62. The van der Waals surface area contributed by atoms with Gasteiger partial charge in [-0.1, -0.05) is 13.0 Å². The molecule has 0 amide bonds. The third-order valence-electron chi connectivity index (χ3n) is 3.68. The number of pyridine rings is 1. The standard InChI is InChI=1S/C17H25N3O/c1-5-15(18)9-14-8-12(2)17(19-10-14)20(4)11-16-7-6-13(3)21-16/h6-8,10,15H,5,9,11,18H2,1-4H3. The average molecular weight is 287 g/mol. The predicted octanol–water partition coefficient (Wildman–Crippen LogP) is 3.21. The molecular weight excluding hydrogens is 262 g/mol. The van der Waals surface area contributed by atoms with E-state index in [-0.39, 0.29) is 6.04 Å². The quantitative estimate of drug-likeness (QED) is 0.886. The molecule has 2 aromatic rings. The van der Waals surface area contributed by atoms with Gasteiger partial charge >= 0.3 is 0 Å². The number of anilines is 1. The summed E-state index contributed by atoms with van der Waals surface area (Å²) in [4.78, 5) is 6.71. The second-order valence-corrected chi connectivity index (χ2v) is 5.72. The summed E-state index contributed by atoms with van der Waals surface area (Å²) in [6, 6.07) is 6.39. The Morgan fingerprint density at radius 2 is 2.10 bits per heavy atom. The van der Waals surface area contributed by atoms with E-state index in [0.717, 1.165) is 36.7 Å². The molecule has 21 heavy (non-hydrogen) atoms. The summed E-state index contributed by atoms with van der Waals surface area (Å²) >= 11 is 0. The van der Waals surface area contributed by atoms with Crippen LogP contribution in [0.3, 0.4) is 0 Å². The molecule has 0 spiro atoms. The number of rotatable bonds is 6. The van der Waals surface area contributed by atoms with E-state index in [1.54, 1.807) is 0 Å². The Morgan fingerprint density at radius 3 is 2.67 bits per heavy atom. The number of nitrogens with zero attached hydrogens (tertiary/aromatic N) is 2. The SMILES string of the molecule is CCC(N)Cc1cnc(N(C)Cc2ccc(C)o2)c(C)c1. The van der Waals surface area contributed by atoms with Gasteiger partial charge in [0.15, 0.2) is 0 Å². The first-order valence-electron chi connectivity index (χ1n) is 7.47. The Labute approximate surface area is 127 Å². The van der Waals surface area contributed by atoms with E-state index < -0.39 is 0 Å². The Bertz CT molecular complexity index is 591. The first-order chi connectivity index (χ1) is 9.99. The fourth-order valence-electron chi connectivity index (χ4n) is 2.46. The van der Waals surface area contributed by atoms with Crippen molar-refractivity contribution in [3.8, 4) is 0 Å². The molecule has 2 aromatic heterocycles. The molecule has 0 aliphatic heterocycles. The lowest BCUT2D eigenvalue weighted by atomic mass is 10.0. The lowest BCUT2D eigenvalue weighted by molar-refractivity contribution is 0.481. The Morgan fingerprint density at radius 1 is 1.33 bits per heavy atom. The predicted molar refractivity (Wildman–Crippen MR) is 86.5 cm³/mol. The smallest absolute Gasteiger partial charge is 0.131 e. The Balaban J connectivity index is 2.09. The van der Waals surface area contributed by atoms with E-state index in [1.807, 2.05) is 32.3 Å². The fourth-order valence-corrected chi connectivity index (χ4v) is 2.46. The molecule has 0 bridgehead atoms. The highest BCUT2D eigenvalue weighted by molar-refractivity contribution is 5.47. The normalized spacial score (nSPS) is 12.4. The van der Waals surface area contributed by atoms with Gasteiger partial charge in [-0.05, 0) is 49.9 Å². The molecule has 1 atom stereocenters. The summed E-state index contributed by atoms with van der Waals surface area (Å²) in [5.41, 5.74) is 8.38. The van der Waals surface area contributed by atoms with Crippen LogP contribution in [0.2, 0.25) is 0 Å². The molecule has 2 N–H and O–H groups in total. The maximum Gasteiger partial charge on any atom is 0.131 e. The number of hydrogen-bond acceptors (Lipinski definition) is 4. The molecule has 0 aliphatic rings. The number of hydrogen-bond donors (Lipinski definition) is 1. The second kappa shape index (κ2) is 6.76. The van der Waals surface area contributed by atoms with Crippen LogP contribution in [0.25, 0.3) is 0 Å². The van der Waals surface area contributed by atoms with E-state index in [4.69, 9.17) is 10.2 Å². The van der Waals surface area contributed by atoms with Crippen molar-refractivity contribution in [1.29, 1.82) is 0 Å². The van der Waals surface area contributed by atoms with Crippen LogP contribution in [-0.4, -0.2) is 18.1 Å². The minimum atomic E-state index is 0.209. The van der Waals surface area contributed by atoms with Gasteiger partial charge < -0.3 is 15.1 Å². The highest BCUT2D eigenvalue weighted by atomic mass is 16.3. The summed E-state index contributed by atoms with van der Waals surface area (Å²) in [5, 5.41) is 0. The molecule has 4 heteroatoms. The first-order valence-corrected chi connectivity index (χ1v) is 7.47. The van der Waals surface area contributed by atoms with E-state index in [1.165, 1.54) is 11.1 Å². The van der Waals surface area contributed by atoms with E-state index in [9.17, 15) is 0 Å². The Hall–Kier alpha value is -1.81. The van der Waals surface area contributed by atoms with Gasteiger partial charge in [-0.25, -0.2) is 4.98 Å². The minimum absolute atomic E-state index is 0.209. The van der Waals surface area contributed by atoms with Crippen LogP contribution in [0.1, 0.15) is 36.0 Å². The van der Waals surface area contributed by atoms with Crippen LogP contribution in [0.5, 0.6) is 0 Å². The minimum Gasteiger partial charge on any atom is -0.464 e. The van der Waals surface area contributed by atoms with Crippen molar-refractivity contribution in [2.45, 2.75) is 46.2 Å². The molecule has 2 rings (SSSR count). The largest absolute Gasteiger partial charge is 0.464 e. The molecular formula is C17H25N3O. The van der Waals surface area contributed by atoms with Crippen LogP contribution in [0.15, 0.2) is 28.8 Å². The summed E-state index contributed by atoms with van der Waals surface area (Å²) in [6.45, 7) is 6.87. The topological polar surface area (TPSA) is 55.3 Å². The van der Waals surface area contributed by atoms with Crippen molar-refractivity contribution >= 4 is 5.82 Å².